The van der Waals surface area contributed by atoms with Crippen LogP contribution in [0, 0.1) is 13.8 Å². The lowest BCUT2D eigenvalue weighted by Gasteiger charge is -2.10. The highest BCUT2D eigenvalue weighted by molar-refractivity contribution is 7.07. The molecule has 2 aromatic heterocycles. The second kappa shape index (κ2) is 7.02. The SMILES string of the molecule is Cc1ccc(-c2nnc([C@H](C)OC(=O)Cn3c(C)csc3=O)o2)cc1. The van der Waals surface area contributed by atoms with Crippen LogP contribution in [0.4, 0.5) is 0 Å². The van der Waals surface area contributed by atoms with Gasteiger partial charge in [-0.3, -0.25) is 14.2 Å². The monoisotopic (exact) mass is 359 g/mol. The van der Waals surface area contributed by atoms with Crippen molar-refractivity contribution in [2.24, 2.45) is 0 Å². The van der Waals surface area contributed by atoms with Gasteiger partial charge < -0.3 is 9.15 Å². The first-order valence-electron chi connectivity index (χ1n) is 7.69. The Balaban J connectivity index is 1.67. The maximum absolute atomic E-state index is 12.0. The van der Waals surface area contributed by atoms with Crippen molar-refractivity contribution >= 4 is 17.3 Å². The summed E-state index contributed by atoms with van der Waals surface area (Å²) in [5.74, 6) is 0.0345. The largest absolute Gasteiger partial charge is 0.451 e. The number of hydrogen-bond acceptors (Lipinski definition) is 7. The summed E-state index contributed by atoms with van der Waals surface area (Å²) in [6.07, 6.45) is -0.700. The Morgan fingerprint density at radius 1 is 1.28 bits per heavy atom. The summed E-state index contributed by atoms with van der Waals surface area (Å²) in [6.45, 7) is 5.26. The Labute approximate surface area is 147 Å². The molecule has 0 aliphatic carbocycles. The minimum Gasteiger partial charge on any atom is -0.451 e. The number of carbonyl (C=O) groups is 1. The molecule has 130 valence electrons. The lowest BCUT2D eigenvalue weighted by atomic mass is 10.1. The number of ether oxygens (including phenoxy) is 1. The molecule has 0 saturated heterocycles. The smallest absolute Gasteiger partial charge is 0.326 e. The quantitative estimate of drug-likeness (QED) is 0.651. The molecule has 0 spiro atoms. The van der Waals surface area contributed by atoms with Crippen LogP contribution >= 0.6 is 11.3 Å². The molecule has 0 aliphatic rings. The second-order valence-electron chi connectivity index (χ2n) is 5.67. The summed E-state index contributed by atoms with van der Waals surface area (Å²) in [5.41, 5.74) is 2.65. The van der Waals surface area contributed by atoms with Crippen molar-refractivity contribution in [1.82, 2.24) is 14.8 Å². The van der Waals surface area contributed by atoms with Crippen molar-refractivity contribution in [3.8, 4) is 11.5 Å². The number of rotatable bonds is 5. The van der Waals surface area contributed by atoms with Gasteiger partial charge in [-0.2, -0.15) is 0 Å². The van der Waals surface area contributed by atoms with E-state index in [4.69, 9.17) is 9.15 Å². The Morgan fingerprint density at radius 2 is 2.00 bits per heavy atom. The van der Waals surface area contributed by atoms with Crippen LogP contribution in [0.2, 0.25) is 0 Å². The van der Waals surface area contributed by atoms with Crippen LogP contribution in [0.5, 0.6) is 0 Å². The molecule has 1 aromatic carbocycles. The van der Waals surface area contributed by atoms with Gasteiger partial charge in [-0.25, -0.2) is 0 Å². The van der Waals surface area contributed by atoms with E-state index < -0.39 is 12.1 Å². The maximum atomic E-state index is 12.0. The molecular formula is C17H17N3O4S. The highest BCUT2D eigenvalue weighted by Gasteiger charge is 2.20. The van der Waals surface area contributed by atoms with Crippen molar-refractivity contribution < 1.29 is 13.9 Å². The molecule has 0 aliphatic heterocycles. The third-order valence-electron chi connectivity index (χ3n) is 3.66. The standard InChI is InChI=1S/C17H17N3O4S/c1-10-4-6-13(7-5-10)16-19-18-15(24-16)12(3)23-14(21)8-20-11(2)9-25-17(20)22/h4-7,9,12H,8H2,1-3H3/t12-/m0/s1. The van der Waals surface area contributed by atoms with Crippen molar-refractivity contribution in [3.63, 3.8) is 0 Å². The Morgan fingerprint density at radius 3 is 2.64 bits per heavy atom. The molecule has 3 aromatic rings. The van der Waals surface area contributed by atoms with Gasteiger partial charge in [0.25, 0.3) is 5.89 Å². The highest BCUT2D eigenvalue weighted by atomic mass is 32.1. The summed E-state index contributed by atoms with van der Waals surface area (Å²) in [6, 6.07) is 7.66. The summed E-state index contributed by atoms with van der Waals surface area (Å²) < 4.78 is 12.3. The number of esters is 1. The lowest BCUT2D eigenvalue weighted by molar-refractivity contribution is -0.150. The van der Waals surface area contributed by atoms with Gasteiger partial charge in [0.05, 0.1) is 0 Å². The molecule has 2 heterocycles. The van der Waals surface area contributed by atoms with Gasteiger partial charge in [-0.1, -0.05) is 29.0 Å². The topological polar surface area (TPSA) is 87.2 Å². The molecule has 8 heteroatoms. The van der Waals surface area contributed by atoms with Gasteiger partial charge >= 0.3 is 10.8 Å². The van der Waals surface area contributed by atoms with E-state index in [1.54, 1.807) is 19.2 Å². The molecule has 0 unspecified atom stereocenters. The summed E-state index contributed by atoms with van der Waals surface area (Å²) in [4.78, 5) is 23.5. The Hall–Kier alpha value is -2.74. The van der Waals surface area contributed by atoms with Crippen LogP contribution < -0.4 is 4.87 Å². The predicted molar refractivity (Wildman–Crippen MR) is 92.3 cm³/mol. The maximum Gasteiger partial charge on any atom is 0.326 e. The normalized spacial score (nSPS) is 12.1. The molecular weight excluding hydrogens is 342 g/mol. The number of nitrogens with zero attached hydrogens (tertiary/aromatic N) is 3. The van der Waals surface area contributed by atoms with Crippen molar-refractivity contribution in [3.05, 3.63) is 56.5 Å². The van der Waals surface area contributed by atoms with Crippen LogP contribution in [-0.2, 0) is 16.1 Å². The first-order valence-corrected chi connectivity index (χ1v) is 8.57. The van der Waals surface area contributed by atoms with E-state index in [9.17, 15) is 9.59 Å². The van der Waals surface area contributed by atoms with Crippen molar-refractivity contribution in [1.29, 1.82) is 0 Å². The fraction of sp³-hybridized carbons (Fsp3) is 0.294. The molecule has 0 fully saturated rings. The fourth-order valence-corrected chi connectivity index (χ4v) is 2.96. The lowest BCUT2D eigenvalue weighted by Crippen LogP contribution is -2.23. The molecule has 0 radical (unpaired) electrons. The van der Waals surface area contributed by atoms with E-state index in [-0.39, 0.29) is 17.3 Å². The minimum atomic E-state index is -0.700. The van der Waals surface area contributed by atoms with Gasteiger partial charge in [0, 0.05) is 16.6 Å². The van der Waals surface area contributed by atoms with E-state index in [0.29, 0.717) is 5.89 Å². The van der Waals surface area contributed by atoms with Gasteiger partial charge in [-0.05, 0) is 32.9 Å². The second-order valence-corrected chi connectivity index (χ2v) is 6.49. The van der Waals surface area contributed by atoms with E-state index in [2.05, 4.69) is 10.2 Å². The third kappa shape index (κ3) is 3.85. The Kier molecular flexibility index (Phi) is 4.80. The van der Waals surface area contributed by atoms with Crippen molar-refractivity contribution in [2.45, 2.75) is 33.4 Å². The molecule has 3 rings (SSSR count). The number of thiazole rings is 1. The molecule has 25 heavy (non-hydrogen) atoms. The van der Waals surface area contributed by atoms with E-state index in [0.717, 1.165) is 28.2 Å². The van der Waals surface area contributed by atoms with Crippen molar-refractivity contribution in [2.75, 3.05) is 0 Å². The zero-order valence-corrected chi connectivity index (χ0v) is 14.9. The average molecular weight is 359 g/mol. The van der Waals surface area contributed by atoms with E-state index in [1.807, 2.05) is 31.2 Å². The number of hydrogen-bond donors (Lipinski definition) is 0. The molecule has 1 atom stereocenters. The summed E-state index contributed by atoms with van der Waals surface area (Å²) in [5, 5.41) is 9.63. The van der Waals surface area contributed by atoms with Gasteiger partial charge in [-0.15, -0.1) is 10.2 Å². The van der Waals surface area contributed by atoms with Crippen LogP contribution in [0.3, 0.4) is 0 Å². The first kappa shape index (κ1) is 17.1. The van der Waals surface area contributed by atoms with Gasteiger partial charge in [0.15, 0.2) is 6.10 Å². The summed E-state index contributed by atoms with van der Waals surface area (Å²) >= 11 is 1.05. The molecule has 7 nitrogen and oxygen atoms in total. The van der Waals surface area contributed by atoms with Crippen LogP contribution in [0.1, 0.15) is 30.2 Å². The fourth-order valence-electron chi connectivity index (χ4n) is 2.22. The van der Waals surface area contributed by atoms with Gasteiger partial charge in [0.2, 0.25) is 5.89 Å². The van der Waals surface area contributed by atoms with E-state index in [1.165, 1.54) is 4.57 Å². The number of benzene rings is 1. The molecule has 0 saturated carbocycles. The molecule has 0 N–H and O–H groups in total. The summed E-state index contributed by atoms with van der Waals surface area (Å²) in [7, 11) is 0. The number of carbonyl (C=O) groups excluding carboxylic acids is 1. The Bertz CT molecular complexity index is 939. The predicted octanol–water partition coefficient (Wildman–Crippen LogP) is 2.88. The van der Waals surface area contributed by atoms with Gasteiger partial charge in [0.1, 0.15) is 6.54 Å². The van der Waals surface area contributed by atoms with E-state index >= 15 is 0 Å². The van der Waals surface area contributed by atoms with Crippen LogP contribution in [0.25, 0.3) is 11.5 Å². The van der Waals surface area contributed by atoms with Crippen LogP contribution in [0.15, 0.2) is 38.9 Å². The zero-order valence-electron chi connectivity index (χ0n) is 14.1. The highest BCUT2D eigenvalue weighted by Crippen LogP contribution is 2.22. The minimum absolute atomic E-state index is 0.141. The third-order valence-corrected chi connectivity index (χ3v) is 4.54. The number of aryl methyl sites for hydroxylation is 2. The average Bonchev–Trinajstić information content (AvgIpc) is 3.18. The first-order chi connectivity index (χ1) is 11.9. The molecule has 0 bridgehead atoms. The zero-order chi connectivity index (χ0) is 18.0. The van der Waals surface area contributed by atoms with Crippen LogP contribution in [-0.4, -0.2) is 20.7 Å². The molecule has 0 amide bonds. The number of aromatic nitrogens is 3.